The largest absolute Gasteiger partial charge is 0.252 e. The third-order valence-corrected chi connectivity index (χ3v) is 6.95. The molecule has 0 aromatic carbocycles. The van der Waals surface area contributed by atoms with Crippen molar-refractivity contribution in [1.82, 2.24) is 14.7 Å². The summed E-state index contributed by atoms with van der Waals surface area (Å²) in [5.41, 5.74) is -0.381. The van der Waals surface area contributed by atoms with E-state index in [0.717, 1.165) is 11.3 Å². The van der Waals surface area contributed by atoms with Crippen LogP contribution in [0.5, 0.6) is 0 Å². The van der Waals surface area contributed by atoms with Gasteiger partial charge in [-0.05, 0) is 20.8 Å². The molecule has 0 aliphatic rings. The number of sulfonamides is 1. The second-order valence-electron chi connectivity index (χ2n) is 4.41. The summed E-state index contributed by atoms with van der Waals surface area (Å²) in [5, 5.41) is 2.50. The van der Waals surface area contributed by atoms with Crippen molar-refractivity contribution in [2.75, 3.05) is 0 Å². The standard InChI is InChI=1S/C10H12ClN3O2S3/c1-6-7(18-9(11)13-6)19(15,16)14-10(2,3)8-12-4-5-17-8/h4-5,14H,1-3H3. The van der Waals surface area contributed by atoms with Crippen LogP contribution < -0.4 is 4.72 Å². The molecule has 0 spiro atoms. The van der Waals surface area contributed by atoms with Gasteiger partial charge in [0, 0.05) is 11.6 Å². The van der Waals surface area contributed by atoms with Gasteiger partial charge in [0.1, 0.15) is 5.01 Å². The Morgan fingerprint density at radius 1 is 1.42 bits per heavy atom. The van der Waals surface area contributed by atoms with E-state index in [-0.39, 0.29) is 8.68 Å². The molecule has 0 unspecified atom stereocenters. The number of rotatable bonds is 4. The SMILES string of the molecule is Cc1nc(Cl)sc1S(=O)(=O)NC(C)(C)c1nccs1. The fourth-order valence-corrected chi connectivity index (χ4v) is 5.46. The van der Waals surface area contributed by atoms with Crippen molar-refractivity contribution in [2.45, 2.75) is 30.5 Å². The first-order valence-corrected chi connectivity index (χ1v) is 8.85. The van der Waals surface area contributed by atoms with Gasteiger partial charge in [0.05, 0.1) is 11.2 Å². The highest BCUT2D eigenvalue weighted by atomic mass is 35.5. The molecule has 0 fully saturated rings. The Bertz CT molecular complexity index is 677. The number of nitrogens with zero attached hydrogens (tertiary/aromatic N) is 2. The van der Waals surface area contributed by atoms with E-state index in [1.54, 1.807) is 32.3 Å². The van der Waals surface area contributed by atoms with Gasteiger partial charge < -0.3 is 0 Å². The molecule has 0 saturated heterocycles. The maximum Gasteiger partial charge on any atom is 0.252 e. The van der Waals surface area contributed by atoms with Crippen LogP contribution in [0.15, 0.2) is 15.8 Å². The summed E-state index contributed by atoms with van der Waals surface area (Å²) < 4.78 is 27.7. The lowest BCUT2D eigenvalue weighted by atomic mass is 10.1. The molecule has 9 heteroatoms. The second kappa shape index (κ2) is 5.10. The number of nitrogens with one attached hydrogen (secondary N) is 1. The molecule has 5 nitrogen and oxygen atoms in total. The number of halogens is 1. The van der Waals surface area contributed by atoms with E-state index in [4.69, 9.17) is 11.6 Å². The molecule has 0 radical (unpaired) electrons. The van der Waals surface area contributed by atoms with E-state index in [1.165, 1.54) is 11.3 Å². The average molecular weight is 338 g/mol. The van der Waals surface area contributed by atoms with Crippen molar-refractivity contribution < 1.29 is 8.42 Å². The molecule has 2 heterocycles. The molecule has 0 atom stereocenters. The van der Waals surface area contributed by atoms with Crippen molar-refractivity contribution in [2.24, 2.45) is 0 Å². The van der Waals surface area contributed by atoms with Gasteiger partial charge in [-0.25, -0.2) is 18.4 Å². The molecular formula is C10H12ClN3O2S3. The van der Waals surface area contributed by atoms with Crippen LogP contribution in [0.2, 0.25) is 4.47 Å². The predicted molar refractivity (Wildman–Crippen MR) is 77.3 cm³/mol. The normalized spacial score (nSPS) is 12.8. The lowest BCUT2D eigenvalue weighted by Crippen LogP contribution is -2.40. The smallest absolute Gasteiger partial charge is 0.248 e. The summed E-state index contributed by atoms with van der Waals surface area (Å²) in [6.07, 6.45) is 1.64. The lowest BCUT2D eigenvalue weighted by Gasteiger charge is -2.23. The third-order valence-electron chi connectivity index (χ3n) is 2.33. The number of hydrogen-bond acceptors (Lipinski definition) is 6. The number of thiazole rings is 2. The average Bonchev–Trinajstić information content (AvgIpc) is 2.86. The van der Waals surface area contributed by atoms with E-state index in [1.807, 2.05) is 0 Å². The molecule has 0 aliphatic heterocycles. The zero-order valence-electron chi connectivity index (χ0n) is 10.5. The number of hydrogen-bond donors (Lipinski definition) is 1. The Morgan fingerprint density at radius 3 is 2.58 bits per heavy atom. The highest BCUT2D eigenvalue weighted by Crippen LogP contribution is 2.30. The van der Waals surface area contributed by atoms with Gasteiger partial charge in [0.25, 0.3) is 10.0 Å². The topological polar surface area (TPSA) is 72.0 Å². The van der Waals surface area contributed by atoms with Crippen molar-refractivity contribution in [3.05, 3.63) is 26.7 Å². The van der Waals surface area contributed by atoms with Crippen LogP contribution in [0, 0.1) is 6.92 Å². The van der Waals surface area contributed by atoms with Crippen LogP contribution >= 0.6 is 34.3 Å². The minimum atomic E-state index is -3.67. The lowest BCUT2D eigenvalue weighted by molar-refractivity contribution is 0.470. The van der Waals surface area contributed by atoms with Gasteiger partial charge in [-0.1, -0.05) is 22.9 Å². The molecule has 2 rings (SSSR count). The number of aryl methyl sites for hydroxylation is 1. The monoisotopic (exact) mass is 337 g/mol. The maximum absolute atomic E-state index is 12.4. The fraction of sp³-hybridized carbons (Fsp3) is 0.400. The van der Waals surface area contributed by atoms with Crippen LogP contribution in [0.4, 0.5) is 0 Å². The first-order chi connectivity index (χ1) is 8.72. The Balaban J connectivity index is 2.35. The highest BCUT2D eigenvalue weighted by Gasteiger charge is 2.32. The first-order valence-electron chi connectivity index (χ1n) is 5.29. The Kier molecular flexibility index (Phi) is 3.99. The minimum Gasteiger partial charge on any atom is -0.248 e. The molecule has 0 bridgehead atoms. The molecule has 19 heavy (non-hydrogen) atoms. The van der Waals surface area contributed by atoms with Crippen molar-refractivity contribution >= 4 is 44.3 Å². The number of aromatic nitrogens is 2. The van der Waals surface area contributed by atoms with Gasteiger partial charge in [0.15, 0.2) is 8.68 Å². The summed E-state index contributed by atoms with van der Waals surface area (Å²) in [4.78, 5) is 8.07. The van der Waals surface area contributed by atoms with Crippen molar-refractivity contribution in [3.8, 4) is 0 Å². The molecular weight excluding hydrogens is 326 g/mol. The van der Waals surface area contributed by atoms with E-state index < -0.39 is 15.6 Å². The molecule has 104 valence electrons. The fourth-order valence-electron chi connectivity index (χ4n) is 1.56. The Morgan fingerprint density at radius 2 is 2.11 bits per heavy atom. The summed E-state index contributed by atoms with van der Waals surface area (Å²) in [6, 6.07) is 0. The molecule has 0 aliphatic carbocycles. The first kappa shape index (κ1) is 14.9. The second-order valence-corrected chi connectivity index (χ2v) is 8.76. The Labute approximate surface area is 124 Å². The minimum absolute atomic E-state index is 0.141. The van der Waals surface area contributed by atoms with Crippen LogP contribution in [0.3, 0.4) is 0 Å². The summed E-state index contributed by atoms with van der Waals surface area (Å²) in [7, 11) is -3.67. The molecule has 2 aromatic rings. The molecule has 0 amide bonds. The zero-order valence-corrected chi connectivity index (χ0v) is 13.7. The van der Waals surface area contributed by atoms with Crippen LogP contribution in [0.1, 0.15) is 24.5 Å². The van der Waals surface area contributed by atoms with E-state index in [0.29, 0.717) is 10.7 Å². The van der Waals surface area contributed by atoms with Gasteiger partial charge in [-0.2, -0.15) is 4.72 Å². The zero-order chi connectivity index (χ0) is 14.3. The quantitative estimate of drug-likeness (QED) is 0.931. The molecule has 1 N–H and O–H groups in total. The van der Waals surface area contributed by atoms with E-state index in [2.05, 4.69) is 14.7 Å². The van der Waals surface area contributed by atoms with Crippen LogP contribution in [-0.2, 0) is 15.6 Å². The molecule has 0 saturated carbocycles. The highest BCUT2D eigenvalue weighted by molar-refractivity contribution is 7.91. The van der Waals surface area contributed by atoms with Crippen LogP contribution in [-0.4, -0.2) is 18.4 Å². The van der Waals surface area contributed by atoms with E-state index >= 15 is 0 Å². The van der Waals surface area contributed by atoms with Crippen molar-refractivity contribution in [3.63, 3.8) is 0 Å². The van der Waals surface area contributed by atoms with Crippen LogP contribution in [0.25, 0.3) is 0 Å². The summed E-state index contributed by atoms with van der Waals surface area (Å²) in [5.74, 6) is 0. The summed E-state index contributed by atoms with van der Waals surface area (Å²) in [6.45, 7) is 5.15. The molecule has 2 aromatic heterocycles. The van der Waals surface area contributed by atoms with Gasteiger partial charge in [-0.3, -0.25) is 0 Å². The van der Waals surface area contributed by atoms with E-state index in [9.17, 15) is 8.42 Å². The third kappa shape index (κ3) is 3.14. The maximum atomic E-state index is 12.4. The van der Waals surface area contributed by atoms with Gasteiger partial charge in [0.2, 0.25) is 0 Å². The van der Waals surface area contributed by atoms with Gasteiger partial charge >= 0.3 is 0 Å². The predicted octanol–water partition coefficient (Wildman–Crippen LogP) is 2.78. The van der Waals surface area contributed by atoms with Gasteiger partial charge in [-0.15, -0.1) is 11.3 Å². The van der Waals surface area contributed by atoms with Crippen molar-refractivity contribution in [1.29, 1.82) is 0 Å². The summed E-state index contributed by atoms with van der Waals surface area (Å²) >= 11 is 8.09. The Hall–Kier alpha value is -0.540.